The van der Waals surface area contributed by atoms with Gasteiger partial charge in [-0.05, 0) is 36.6 Å². The normalized spacial score (nSPS) is 15.5. The Balaban J connectivity index is 1.36. The highest BCUT2D eigenvalue weighted by Gasteiger charge is 2.23. The number of carbonyl (C=O) groups is 1. The van der Waals surface area contributed by atoms with Gasteiger partial charge in [0, 0.05) is 59.9 Å². The number of non-ortho nitro benzene ring substituents is 1. The molecule has 1 aromatic heterocycles. The summed E-state index contributed by atoms with van der Waals surface area (Å²) < 4.78 is 0. The maximum atomic E-state index is 12.7. The van der Waals surface area contributed by atoms with E-state index in [0.717, 1.165) is 37.5 Å². The molecule has 3 aromatic rings. The first-order valence-corrected chi connectivity index (χ1v) is 9.90. The summed E-state index contributed by atoms with van der Waals surface area (Å²) in [4.78, 5) is 28.7. The molecule has 1 fully saturated rings. The van der Waals surface area contributed by atoms with Crippen molar-refractivity contribution in [2.24, 2.45) is 0 Å². The van der Waals surface area contributed by atoms with E-state index in [0.29, 0.717) is 16.5 Å². The Morgan fingerprint density at radius 1 is 1.21 bits per heavy atom. The van der Waals surface area contributed by atoms with E-state index in [4.69, 9.17) is 11.6 Å². The number of benzene rings is 2. The molecule has 1 aliphatic rings. The first-order chi connectivity index (χ1) is 14.0. The molecule has 0 atom stereocenters. The van der Waals surface area contributed by atoms with Crippen molar-refractivity contribution in [1.82, 2.24) is 15.2 Å². The lowest BCUT2D eigenvalue weighted by Crippen LogP contribution is -2.44. The van der Waals surface area contributed by atoms with Gasteiger partial charge in [0.1, 0.15) is 0 Å². The second-order valence-corrected chi connectivity index (χ2v) is 7.78. The molecule has 0 spiro atoms. The first kappa shape index (κ1) is 19.4. The number of nitro groups is 1. The van der Waals surface area contributed by atoms with Crippen LogP contribution in [0, 0.1) is 10.1 Å². The summed E-state index contributed by atoms with van der Waals surface area (Å²) in [6.45, 7) is 2.66. The van der Waals surface area contributed by atoms with Gasteiger partial charge in [-0.2, -0.15) is 0 Å². The summed E-state index contributed by atoms with van der Waals surface area (Å²) in [5, 5.41) is 15.4. The van der Waals surface area contributed by atoms with Crippen LogP contribution in [0.4, 0.5) is 5.69 Å². The Hall–Kier alpha value is -2.90. The molecule has 0 unspecified atom stereocenters. The molecule has 1 amide bonds. The van der Waals surface area contributed by atoms with Gasteiger partial charge in [-0.15, -0.1) is 0 Å². The largest absolute Gasteiger partial charge is 0.360 e. The number of nitrogens with one attached hydrogen (secondary N) is 2. The molecule has 7 nitrogen and oxygen atoms in total. The minimum Gasteiger partial charge on any atom is -0.360 e. The van der Waals surface area contributed by atoms with Gasteiger partial charge in [0.25, 0.3) is 11.6 Å². The summed E-state index contributed by atoms with van der Waals surface area (Å²) in [5.74, 6) is -0.201. The molecule has 2 aromatic carbocycles. The van der Waals surface area contributed by atoms with Crippen LogP contribution in [-0.2, 0) is 6.54 Å². The van der Waals surface area contributed by atoms with Gasteiger partial charge in [-0.3, -0.25) is 19.8 Å². The molecule has 2 heterocycles. The highest BCUT2D eigenvalue weighted by Crippen LogP contribution is 2.24. The Morgan fingerprint density at radius 2 is 1.93 bits per heavy atom. The Bertz CT molecular complexity index is 1040. The maximum Gasteiger partial charge on any atom is 0.270 e. The average molecular weight is 413 g/mol. The SMILES string of the molecule is O=C(NC1CCN(Cc2ccc(Cl)cc2)CC1)c1c[nH]c2ccc([N+](=O)[O-])cc12. The summed E-state index contributed by atoms with van der Waals surface area (Å²) in [6.07, 6.45) is 3.34. The third-order valence-electron chi connectivity index (χ3n) is 5.36. The Kier molecular flexibility index (Phi) is 5.51. The number of H-pyrrole nitrogens is 1. The maximum absolute atomic E-state index is 12.7. The molecule has 0 aliphatic carbocycles. The van der Waals surface area contributed by atoms with E-state index in [1.165, 1.54) is 17.7 Å². The number of amides is 1. The summed E-state index contributed by atoms with van der Waals surface area (Å²) in [5.41, 5.74) is 2.34. The smallest absolute Gasteiger partial charge is 0.270 e. The highest BCUT2D eigenvalue weighted by molar-refractivity contribution is 6.30. The zero-order valence-corrected chi connectivity index (χ0v) is 16.5. The molecular weight excluding hydrogens is 392 g/mol. The number of nitro benzene ring substituents is 1. The lowest BCUT2D eigenvalue weighted by Gasteiger charge is -2.32. The van der Waals surface area contributed by atoms with Crippen molar-refractivity contribution >= 4 is 34.1 Å². The van der Waals surface area contributed by atoms with Crippen molar-refractivity contribution < 1.29 is 9.72 Å². The number of likely N-dealkylation sites (tertiary alicyclic amines) is 1. The Labute approximate surface area is 172 Å². The average Bonchev–Trinajstić information content (AvgIpc) is 3.14. The minimum atomic E-state index is -0.454. The van der Waals surface area contributed by atoms with Gasteiger partial charge < -0.3 is 10.3 Å². The zero-order valence-electron chi connectivity index (χ0n) is 15.7. The number of hydrogen-bond donors (Lipinski definition) is 2. The van der Waals surface area contributed by atoms with Gasteiger partial charge in [-0.1, -0.05) is 23.7 Å². The topological polar surface area (TPSA) is 91.3 Å². The monoisotopic (exact) mass is 412 g/mol. The van der Waals surface area contributed by atoms with Crippen LogP contribution in [-0.4, -0.2) is 39.8 Å². The first-order valence-electron chi connectivity index (χ1n) is 9.53. The molecule has 29 heavy (non-hydrogen) atoms. The van der Waals surface area contributed by atoms with E-state index in [9.17, 15) is 14.9 Å². The predicted molar refractivity (Wildman–Crippen MR) is 112 cm³/mol. The number of rotatable bonds is 5. The number of aromatic nitrogens is 1. The molecule has 150 valence electrons. The number of nitrogens with zero attached hydrogens (tertiary/aromatic N) is 2. The molecular formula is C21H21ClN4O3. The second kappa shape index (κ2) is 8.23. The third-order valence-corrected chi connectivity index (χ3v) is 5.61. The number of carbonyl (C=O) groups excluding carboxylic acids is 1. The molecule has 4 rings (SSSR count). The number of aromatic amines is 1. The van der Waals surface area contributed by atoms with Gasteiger partial charge in [-0.25, -0.2) is 0 Å². The standard InChI is InChI=1S/C21H21ClN4O3/c22-15-3-1-14(2-4-15)13-25-9-7-16(8-10-25)24-21(27)19-12-23-20-6-5-17(26(28)29)11-18(19)20/h1-6,11-12,16,23H,7-10,13H2,(H,24,27). The van der Waals surface area contributed by atoms with Crippen LogP contribution in [0.1, 0.15) is 28.8 Å². The summed E-state index contributed by atoms with van der Waals surface area (Å²) in [7, 11) is 0. The molecule has 2 N–H and O–H groups in total. The molecule has 0 saturated carbocycles. The summed E-state index contributed by atoms with van der Waals surface area (Å²) in [6, 6.07) is 12.4. The van der Waals surface area contributed by atoms with Gasteiger partial charge in [0.15, 0.2) is 0 Å². The lowest BCUT2D eigenvalue weighted by molar-refractivity contribution is -0.384. The van der Waals surface area contributed by atoms with Crippen LogP contribution >= 0.6 is 11.6 Å². The van der Waals surface area contributed by atoms with E-state index in [-0.39, 0.29) is 17.6 Å². The van der Waals surface area contributed by atoms with Crippen LogP contribution in [0.25, 0.3) is 10.9 Å². The fourth-order valence-electron chi connectivity index (χ4n) is 3.76. The van der Waals surface area contributed by atoms with Crippen molar-refractivity contribution in [1.29, 1.82) is 0 Å². The molecule has 8 heteroatoms. The molecule has 1 aliphatic heterocycles. The van der Waals surface area contributed by atoms with Crippen LogP contribution < -0.4 is 5.32 Å². The van der Waals surface area contributed by atoms with Gasteiger partial charge in [0.2, 0.25) is 0 Å². The van der Waals surface area contributed by atoms with Crippen molar-refractivity contribution in [3.05, 3.63) is 74.9 Å². The fraction of sp³-hybridized carbons (Fsp3) is 0.286. The molecule has 0 radical (unpaired) electrons. The molecule has 0 bridgehead atoms. The van der Waals surface area contributed by atoms with Crippen molar-refractivity contribution in [3.8, 4) is 0 Å². The van der Waals surface area contributed by atoms with Gasteiger partial charge >= 0.3 is 0 Å². The van der Waals surface area contributed by atoms with Gasteiger partial charge in [0.05, 0.1) is 10.5 Å². The predicted octanol–water partition coefficient (Wildman–Crippen LogP) is 4.12. The zero-order chi connectivity index (χ0) is 20.4. The van der Waals surface area contributed by atoms with E-state index in [2.05, 4.69) is 15.2 Å². The lowest BCUT2D eigenvalue weighted by atomic mass is 10.0. The molecule has 1 saturated heterocycles. The van der Waals surface area contributed by atoms with Crippen LogP contribution in [0.15, 0.2) is 48.7 Å². The van der Waals surface area contributed by atoms with E-state index >= 15 is 0 Å². The minimum absolute atomic E-state index is 0.0262. The number of fused-ring (bicyclic) bond motifs is 1. The fourth-order valence-corrected chi connectivity index (χ4v) is 3.88. The Morgan fingerprint density at radius 3 is 2.62 bits per heavy atom. The number of hydrogen-bond acceptors (Lipinski definition) is 4. The van der Waals surface area contributed by atoms with Crippen molar-refractivity contribution in [2.75, 3.05) is 13.1 Å². The van der Waals surface area contributed by atoms with Crippen molar-refractivity contribution in [3.63, 3.8) is 0 Å². The number of halogens is 1. The van der Waals surface area contributed by atoms with E-state index in [1.807, 2.05) is 24.3 Å². The second-order valence-electron chi connectivity index (χ2n) is 7.34. The number of piperidine rings is 1. The van der Waals surface area contributed by atoms with Crippen LogP contribution in [0.5, 0.6) is 0 Å². The van der Waals surface area contributed by atoms with E-state index in [1.54, 1.807) is 12.3 Å². The summed E-state index contributed by atoms with van der Waals surface area (Å²) >= 11 is 5.94. The third kappa shape index (κ3) is 4.41. The highest BCUT2D eigenvalue weighted by atomic mass is 35.5. The van der Waals surface area contributed by atoms with Crippen LogP contribution in [0.2, 0.25) is 5.02 Å². The van der Waals surface area contributed by atoms with Crippen molar-refractivity contribution in [2.45, 2.75) is 25.4 Å². The quantitative estimate of drug-likeness (QED) is 0.487. The van der Waals surface area contributed by atoms with E-state index < -0.39 is 4.92 Å². The van der Waals surface area contributed by atoms with Crippen LogP contribution in [0.3, 0.4) is 0 Å².